The lowest BCUT2D eigenvalue weighted by molar-refractivity contribution is -0.114. The summed E-state index contributed by atoms with van der Waals surface area (Å²) in [5.41, 5.74) is 0. The summed E-state index contributed by atoms with van der Waals surface area (Å²) in [6.45, 7) is 4.58. The van der Waals surface area contributed by atoms with Gasteiger partial charge in [0.2, 0.25) is 0 Å². The van der Waals surface area contributed by atoms with Gasteiger partial charge in [-0.3, -0.25) is 4.79 Å². The van der Waals surface area contributed by atoms with Crippen LogP contribution in [0.2, 0.25) is 0 Å². The number of carbonyl (C=O) groups is 1. The molecule has 0 saturated heterocycles. The zero-order valence-corrected chi connectivity index (χ0v) is 30.0. The van der Waals surface area contributed by atoms with Gasteiger partial charge >= 0.3 is 0 Å². The van der Waals surface area contributed by atoms with Crippen molar-refractivity contribution < 1.29 is 4.79 Å². The Labute approximate surface area is 272 Å². The third-order valence-corrected chi connectivity index (χ3v) is 9.21. The quantitative estimate of drug-likeness (QED) is 0.0394. The van der Waals surface area contributed by atoms with Gasteiger partial charge in [0, 0.05) is 6.42 Å². The lowest BCUT2D eigenvalue weighted by Crippen LogP contribution is -1.92. The van der Waals surface area contributed by atoms with Crippen LogP contribution in [-0.4, -0.2) is 5.78 Å². The Bertz CT molecular complexity index is 573. The Morgan fingerprint density at radius 2 is 0.581 bits per heavy atom. The predicted octanol–water partition coefficient (Wildman–Crippen LogP) is 15.4. The molecule has 0 heterocycles. The molecule has 0 fully saturated rings. The monoisotopic (exact) mass is 601 g/mol. The summed E-state index contributed by atoms with van der Waals surface area (Å²) in [5, 5.41) is 0. The molecule has 1 nitrogen and oxygen atoms in total. The Morgan fingerprint density at radius 3 is 0.907 bits per heavy atom. The minimum atomic E-state index is 0.339. The van der Waals surface area contributed by atoms with E-state index in [0.717, 1.165) is 19.3 Å². The molecule has 0 radical (unpaired) electrons. The maximum absolute atomic E-state index is 12.1. The van der Waals surface area contributed by atoms with Crippen LogP contribution in [0.25, 0.3) is 0 Å². The fourth-order valence-corrected chi connectivity index (χ4v) is 6.19. The highest BCUT2D eigenvalue weighted by Crippen LogP contribution is 2.15. The average molecular weight is 601 g/mol. The molecular formula is C42H80O. The Balaban J connectivity index is 3.23. The first kappa shape index (κ1) is 42.1. The molecule has 254 valence electrons. The molecule has 1 heteroatoms. The van der Waals surface area contributed by atoms with E-state index in [0.29, 0.717) is 5.78 Å². The summed E-state index contributed by atoms with van der Waals surface area (Å²) >= 11 is 0. The van der Waals surface area contributed by atoms with Crippen LogP contribution in [0.5, 0.6) is 0 Å². The predicted molar refractivity (Wildman–Crippen MR) is 196 cm³/mol. The van der Waals surface area contributed by atoms with E-state index in [1.807, 2.05) is 6.08 Å². The summed E-state index contributed by atoms with van der Waals surface area (Å²) < 4.78 is 0. The van der Waals surface area contributed by atoms with Gasteiger partial charge in [-0.15, -0.1) is 0 Å². The molecule has 0 aliphatic carbocycles. The lowest BCUT2D eigenvalue weighted by atomic mass is 10.0. The van der Waals surface area contributed by atoms with Gasteiger partial charge in [0.1, 0.15) is 0 Å². The maximum Gasteiger partial charge on any atom is 0.155 e. The van der Waals surface area contributed by atoms with E-state index in [9.17, 15) is 4.79 Å². The first-order valence-electron chi connectivity index (χ1n) is 20.2. The number of carbonyl (C=O) groups excluding carboxylic acids is 1. The molecule has 0 N–H and O–H groups in total. The fraction of sp³-hybridized carbons (Fsp3) is 0.881. The van der Waals surface area contributed by atoms with Crippen LogP contribution in [0.1, 0.15) is 239 Å². The first-order chi connectivity index (χ1) is 21.3. The van der Waals surface area contributed by atoms with Crippen molar-refractivity contribution in [1.29, 1.82) is 0 Å². The number of rotatable bonds is 37. The minimum absolute atomic E-state index is 0.339. The normalized spacial score (nSPS) is 11.9. The largest absolute Gasteiger partial charge is 0.295 e. The van der Waals surface area contributed by atoms with Gasteiger partial charge in [-0.1, -0.05) is 205 Å². The van der Waals surface area contributed by atoms with Gasteiger partial charge in [-0.2, -0.15) is 0 Å². The molecule has 0 aromatic rings. The fourth-order valence-electron chi connectivity index (χ4n) is 6.19. The molecule has 0 aromatic heterocycles. The van der Waals surface area contributed by atoms with E-state index in [4.69, 9.17) is 0 Å². The van der Waals surface area contributed by atoms with E-state index in [2.05, 4.69) is 32.1 Å². The Morgan fingerprint density at radius 1 is 0.326 bits per heavy atom. The first-order valence-corrected chi connectivity index (χ1v) is 20.2. The molecule has 43 heavy (non-hydrogen) atoms. The summed E-state index contributed by atoms with van der Waals surface area (Å²) in [6.07, 6.45) is 56.2. The van der Waals surface area contributed by atoms with Crippen LogP contribution >= 0.6 is 0 Å². The summed E-state index contributed by atoms with van der Waals surface area (Å²) in [6, 6.07) is 0. The average Bonchev–Trinajstić information content (AvgIpc) is 3.01. The molecule has 0 saturated carbocycles. The molecule has 0 atom stereocenters. The highest BCUT2D eigenvalue weighted by molar-refractivity contribution is 5.89. The zero-order valence-electron chi connectivity index (χ0n) is 30.0. The van der Waals surface area contributed by atoms with Gasteiger partial charge in [0.25, 0.3) is 0 Å². The number of unbranched alkanes of at least 4 members (excludes halogenated alkanes) is 31. The minimum Gasteiger partial charge on any atom is -0.295 e. The van der Waals surface area contributed by atoms with Crippen molar-refractivity contribution in [3.8, 4) is 0 Å². The molecule has 0 bridgehead atoms. The van der Waals surface area contributed by atoms with Crippen LogP contribution in [0, 0.1) is 0 Å². The summed E-state index contributed by atoms with van der Waals surface area (Å²) in [5.74, 6) is 0.339. The smallest absolute Gasteiger partial charge is 0.155 e. The van der Waals surface area contributed by atoms with Crippen molar-refractivity contribution in [2.75, 3.05) is 0 Å². The third kappa shape index (κ3) is 39.1. The van der Waals surface area contributed by atoms with Gasteiger partial charge < -0.3 is 0 Å². The molecule has 0 aromatic carbocycles. The van der Waals surface area contributed by atoms with Crippen LogP contribution in [0.3, 0.4) is 0 Å². The van der Waals surface area contributed by atoms with Gasteiger partial charge in [0.15, 0.2) is 5.78 Å². The summed E-state index contributed by atoms with van der Waals surface area (Å²) in [4.78, 5) is 12.1. The van der Waals surface area contributed by atoms with Crippen LogP contribution < -0.4 is 0 Å². The second kappa shape index (κ2) is 39.2. The van der Waals surface area contributed by atoms with E-state index < -0.39 is 0 Å². The van der Waals surface area contributed by atoms with Gasteiger partial charge in [0.05, 0.1) is 0 Å². The number of allylic oxidation sites excluding steroid dienone is 4. The van der Waals surface area contributed by atoms with Crippen molar-refractivity contribution in [3.05, 3.63) is 24.3 Å². The van der Waals surface area contributed by atoms with Gasteiger partial charge in [-0.05, 0) is 51.0 Å². The molecule has 0 spiro atoms. The van der Waals surface area contributed by atoms with Crippen molar-refractivity contribution >= 4 is 5.78 Å². The SMILES string of the molecule is CCCCCCCC/C=C\CCCCCCCC(=O)C=CCCCCCCCCCCCCCCCCCCCCCC. The number of hydrogen-bond acceptors (Lipinski definition) is 1. The highest BCUT2D eigenvalue weighted by atomic mass is 16.1. The third-order valence-electron chi connectivity index (χ3n) is 9.21. The van der Waals surface area contributed by atoms with Gasteiger partial charge in [-0.25, -0.2) is 0 Å². The molecule has 0 rings (SSSR count). The summed E-state index contributed by atoms with van der Waals surface area (Å²) in [7, 11) is 0. The van der Waals surface area contributed by atoms with Crippen LogP contribution in [-0.2, 0) is 4.79 Å². The van der Waals surface area contributed by atoms with E-state index in [1.54, 1.807) is 0 Å². The standard InChI is InChI=1S/C42H80O/c1-3-5-7-9-11-13-15-17-19-20-21-22-23-24-25-27-29-31-33-35-37-39-41-42(43)40-38-36-34-32-30-28-26-18-16-14-12-10-8-6-4-2/h18,26,39,41H,3-17,19-25,27-38,40H2,1-2H3/b26-18-,41-39?. The van der Waals surface area contributed by atoms with Crippen molar-refractivity contribution in [1.82, 2.24) is 0 Å². The molecule has 0 amide bonds. The lowest BCUT2D eigenvalue weighted by Gasteiger charge is -2.04. The molecular weight excluding hydrogens is 520 g/mol. The molecule has 0 unspecified atom stereocenters. The second-order valence-electron chi connectivity index (χ2n) is 13.7. The van der Waals surface area contributed by atoms with E-state index in [-0.39, 0.29) is 0 Å². The highest BCUT2D eigenvalue weighted by Gasteiger charge is 1.98. The van der Waals surface area contributed by atoms with Crippen molar-refractivity contribution in [2.45, 2.75) is 239 Å². The maximum atomic E-state index is 12.1. The molecule has 0 aliphatic rings. The van der Waals surface area contributed by atoms with E-state index in [1.165, 1.54) is 205 Å². The topological polar surface area (TPSA) is 17.1 Å². The van der Waals surface area contributed by atoms with Crippen molar-refractivity contribution in [2.24, 2.45) is 0 Å². The zero-order chi connectivity index (χ0) is 31.2. The van der Waals surface area contributed by atoms with Crippen LogP contribution in [0.15, 0.2) is 24.3 Å². The van der Waals surface area contributed by atoms with Crippen molar-refractivity contribution in [3.63, 3.8) is 0 Å². The number of ketones is 1. The Hall–Kier alpha value is -0.850. The van der Waals surface area contributed by atoms with E-state index >= 15 is 0 Å². The second-order valence-corrected chi connectivity index (χ2v) is 13.7. The van der Waals surface area contributed by atoms with Crippen LogP contribution in [0.4, 0.5) is 0 Å². The number of hydrogen-bond donors (Lipinski definition) is 0. The Kier molecular flexibility index (Phi) is 38.4. The molecule has 0 aliphatic heterocycles.